The molecule has 0 aromatic carbocycles. The molecule has 0 radical (unpaired) electrons. The Hall–Kier alpha value is -1.83. The number of hydrogen-bond acceptors (Lipinski definition) is 4. The Morgan fingerprint density at radius 2 is 2.28 bits per heavy atom. The summed E-state index contributed by atoms with van der Waals surface area (Å²) in [6.45, 7) is 0.00800. The molecule has 0 saturated heterocycles. The van der Waals surface area contributed by atoms with Gasteiger partial charge in [0.1, 0.15) is 0 Å². The fourth-order valence-corrected chi connectivity index (χ4v) is 3.05. The van der Waals surface area contributed by atoms with Gasteiger partial charge in [-0.1, -0.05) is 12.0 Å². The molecule has 18 heavy (non-hydrogen) atoms. The smallest absolute Gasteiger partial charge is 0.331 e. The van der Waals surface area contributed by atoms with Crippen LogP contribution in [0.25, 0.3) is 15.8 Å². The lowest BCUT2D eigenvalue weighted by atomic mass is 10.3. The molecule has 0 aliphatic rings. The molecule has 0 spiro atoms. The average Bonchev–Trinajstić information content (AvgIpc) is 3.03. The van der Waals surface area contributed by atoms with Crippen molar-refractivity contribution in [1.82, 2.24) is 0 Å². The molecule has 2 rings (SSSR count). The van der Waals surface area contributed by atoms with E-state index in [1.165, 1.54) is 15.8 Å². The molecule has 90 valence electrons. The second kappa shape index (κ2) is 6.20. The monoisotopic (exact) mass is 274 g/mol. The predicted molar refractivity (Wildman–Crippen MR) is 76.5 cm³/mol. The van der Waals surface area contributed by atoms with E-state index in [4.69, 9.17) is 11.2 Å². The number of rotatable bonds is 4. The van der Waals surface area contributed by atoms with Crippen LogP contribution in [-0.2, 0) is 9.53 Å². The molecule has 0 N–H and O–H groups in total. The molecule has 0 aliphatic carbocycles. The minimum Gasteiger partial charge on any atom is -0.449 e. The van der Waals surface area contributed by atoms with Crippen molar-refractivity contribution in [3.8, 4) is 22.1 Å². The minimum atomic E-state index is -0.418. The molecular formula is C14H10O2S2. The van der Waals surface area contributed by atoms with Gasteiger partial charge in [0.25, 0.3) is 0 Å². The lowest BCUT2D eigenvalue weighted by Gasteiger charge is -1.93. The molecule has 0 fully saturated rings. The summed E-state index contributed by atoms with van der Waals surface area (Å²) in [4.78, 5) is 14.7. The van der Waals surface area contributed by atoms with E-state index >= 15 is 0 Å². The van der Waals surface area contributed by atoms with Gasteiger partial charge in [-0.2, -0.15) is 0 Å². The summed E-state index contributed by atoms with van der Waals surface area (Å²) in [6, 6.07) is 8.12. The largest absolute Gasteiger partial charge is 0.449 e. The van der Waals surface area contributed by atoms with Crippen LogP contribution in [0.3, 0.4) is 0 Å². The standard InChI is InChI=1S/C14H10O2S2/c1-2-9-16-14(15)8-6-11-5-7-13(18-11)12-4-3-10-17-12/h1,3-8,10H,9H2/b8-6+. The first-order chi connectivity index (χ1) is 8.79. The van der Waals surface area contributed by atoms with Gasteiger partial charge >= 0.3 is 5.97 Å². The first-order valence-corrected chi connectivity index (χ1v) is 6.91. The van der Waals surface area contributed by atoms with E-state index in [1.807, 2.05) is 23.6 Å². The summed E-state index contributed by atoms with van der Waals surface area (Å²) in [6.07, 6.45) is 8.12. The minimum absolute atomic E-state index is 0.00800. The Morgan fingerprint density at radius 3 is 3.00 bits per heavy atom. The molecule has 2 nitrogen and oxygen atoms in total. The van der Waals surface area contributed by atoms with Crippen LogP contribution in [0.5, 0.6) is 0 Å². The van der Waals surface area contributed by atoms with E-state index in [0.29, 0.717) is 0 Å². The highest BCUT2D eigenvalue weighted by Crippen LogP contribution is 2.31. The van der Waals surface area contributed by atoms with Crippen LogP contribution in [0.2, 0.25) is 0 Å². The van der Waals surface area contributed by atoms with Crippen molar-refractivity contribution in [2.24, 2.45) is 0 Å². The molecule has 0 saturated carbocycles. The first-order valence-electron chi connectivity index (χ1n) is 5.21. The van der Waals surface area contributed by atoms with Gasteiger partial charge in [0.15, 0.2) is 6.61 Å². The Balaban J connectivity index is 2.01. The molecule has 0 amide bonds. The number of esters is 1. The third kappa shape index (κ3) is 3.33. The van der Waals surface area contributed by atoms with E-state index < -0.39 is 5.97 Å². The molecule has 2 aromatic rings. The summed E-state index contributed by atoms with van der Waals surface area (Å²) in [7, 11) is 0. The highest BCUT2D eigenvalue weighted by molar-refractivity contribution is 7.21. The van der Waals surface area contributed by atoms with Gasteiger partial charge in [0.2, 0.25) is 0 Å². The molecular weight excluding hydrogens is 264 g/mol. The fraction of sp³-hybridized carbons (Fsp3) is 0.0714. The number of carbonyl (C=O) groups is 1. The normalized spacial score (nSPS) is 10.4. The van der Waals surface area contributed by atoms with E-state index in [9.17, 15) is 4.79 Å². The number of ether oxygens (including phenoxy) is 1. The van der Waals surface area contributed by atoms with Crippen molar-refractivity contribution in [3.63, 3.8) is 0 Å². The van der Waals surface area contributed by atoms with Gasteiger partial charge in [-0.05, 0) is 29.7 Å². The number of thiophene rings is 2. The summed E-state index contributed by atoms with van der Waals surface area (Å²) in [5.74, 6) is 1.83. The molecule has 0 bridgehead atoms. The maximum absolute atomic E-state index is 11.2. The fourth-order valence-electron chi connectivity index (χ4n) is 1.30. The van der Waals surface area contributed by atoms with Crippen LogP contribution >= 0.6 is 22.7 Å². The zero-order chi connectivity index (χ0) is 12.8. The molecule has 2 heterocycles. The van der Waals surface area contributed by atoms with Gasteiger partial charge in [-0.15, -0.1) is 29.1 Å². The van der Waals surface area contributed by atoms with Crippen LogP contribution < -0.4 is 0 Å². The van der Waals surface area contributed by atoms with Crippen molar-refractivity contribution in [2.75, 3.05) is 6.61 Å². The van der Waals surface area contributed by atoms with Gasteiger partial charge in [-0.25, -0.2) is 4.79 Å². The number of hydrogen-bond donors (Lipinski definition) is 0. The maximum Gasteiger partial charge on any atom is 0.331 e. The Bertz CT molecular complexity index is 586. The number of carbonyl (C=O) groups excluding carboxylic acids is 1. The summed E-state index contributed by atoms with van der Waals surface area (Å²) in [5.41, 5.74) is 0. The van der Waals surface area contributed by atoms with E-state index in [1.54, 1.807) is 28.7 Å². The number of terminal acetylenes is 1. The molecule has 0 aliphatic heterocycles. The van der Waals surface area contributed by atoms with Crippen LogP contribution in [0, 0.1) is 12.3 Å². The quantitative estimate of drug-likeness (QED) is 0.483. The topological polar surface area (TPSA) is 26.3 Å². The maximum atomic E-state index is 11.2. The third-order valence-corrected chi connectivity index (χ3v) is 4.19. The van der Waals surface area contributed by atoms with E-state index in [0.717, 1.165) is 4.88 Å². The van der Waals surface area contributed by atoms with E-state index in [2.05, 4.69) is 12.0 Å². The lowest BCUT2D eigenvalue weighted by molar-refractivity contribution is -0.136. The summed E-state index contributed by atoms with van der Waals surface area (Å²) < 4.78 is 4.74. The second-order valence-electron chi connectivity index (χ2n) is 3.32. The SMILES string of the molecule is C#CCOC(=O)/C=C/c1ccc(-c2cccs2)s1. The molecule has 4 heteroatoms. The van der Waals surface area contributed by atoms with Crippen LogP contribution in [-0.4, -0.2) is 12.6 Å². The van der Waals surface area contributed by atoms with Crippen LogP contribution in [0.4, 0.5) is 0 Å². The highest BCUT2D eigenvalue weighted by atomic mass is 32.1. The van der Waals surface area contributed by atoms with Crippen molar-refractivity contribution >= 4 is 34.7 Å². The van der Waals surface area contributed by atoms with Gasteiger partial charge in [0, 0.05) is 20.7 Å². The molecule has 0 atom stereocenters. The second-order valence-corrected chi connectivity index (χ2v) is 5.39. The molecule has 0 unspecified atom stereocenters. The van der Waals surface area contributed by atoms with Crippen molar-refractivity contribution in [3.05, 3.63) is 40.6 Å². The van der Waals surface area contributed by atoms with E-state index in [-0.39, 0.29) is 6.61 Å². The Labute approximate surface area is 114 Å². The lowest BCUT2D eigenvalue weighted by Crippen LogP contribution is -1.99. The average molecular weight is 274 g/mol. The van der Waals surface area contributed by atoms with Gasteiger partial charge in [0.05, 0.1) is 0 Å². The van der Waals surface area contributed by atoms with Crippen molar-refractivity contribution in [1.29, 1.82) is 0 Å². The van der Waals surface area contributed by atoms with Crippen LogP contribution in [0.1, 0.15) is 4.88 Å². The molecule has 2 aromatic heterocycles. The van der Waals surface area contributed by atoms with Crippen molar-refractivity contribution in [2.45, 2.75) is 0 Å². The Kier molecular flexibility index (Phi) is 4.35. The zero-order valence-electron chi connectivity index (χ0n) is 9.46. The third-order valence-electron chi connectivity index (χ3n) is 2.07. The summed E-state index contributed by atoms with van der Waals surface area (Å²) in [5, 5.41) is 2.04. The van der Waals surface area contributed by atoms with Gasteiger partial charge < -0.3 is 4.74 Å². The van der Waals surface area contributed by atoms with Crippen molar-refractivity contribution < 1.29 is 9.53 Å². The van der Waals surface area contributed by atoms with Crippen LogP contribution in [0.15, 0.2) is 35.7 Å². The first kappa shape index (κ1) is 12.6. The van der Waals surface area contributed by atoms with Gasteiger partial charge in [-0.3, -0.25) is 0 Å². The Morgan fingerprint density at radius 1 is 1.39 bits per heavy atom. The highest BCUT2D eigenvalue weighted by Gasteiger charge is 2.02. The predicted octanol–water partition coefficient (Wildman–Crippen LogP) is 3.67. The summed E-state index contributed by atoms with van der Waals surface area (Å²) >= 11 is 3.33. The zero-order valence-corrected chi connectivity index (χ0v) is 11.1.